The molecular weight excluding hydrogens is 210 g/mol. The van der Waals surface area contributed by atoms with Gasteiger partial charge < -0.3 is 15.2 Å². The van der Waals surface area contributed by atoms with Gasteiger partial charge in [0.25, 0.3) is 0 Å². The Labute approximate surface area is 95.2 Å². The summed E-state index contributed by atoms with van der Waals surface area (Å²) < 4.78 is 0. The molecule has 1 amide bonds. The van der Waals surface area contributed by atoms with Gasteiger partial charge in [0.1, 0.15) is 18.0 Å². The standard InChI is InChI=1S/C11H19NO4/c1-8(15)4-5-12-10(16)9(6-13)11(2,3)7-14/h6,9,14H,4-5,7H2,1-3H3,(H,12,16)/t9-/m0/s1. The molecule has 16 heavy (non-hydrogen) atoms. The number of aldehydes is 1. The summed E-state index contributed by atoms with van der Waals surface area (Å²) >= 11 is 0. The van der Waals surface area contributed by atoms with Crippen LogP contribution < -0.4 is 5.32 Å². The van der Waals surface area contributed by atoms with Crippen LogP contribution in [-0.4, -0.2) is 36.2 Å². The first-order valence-electron chi connectivity index (χ1n) is 5.18. The number of carbonyl (C=O) groups is 3. The van der Waals surface area contributed by atoms with Gasteiger partial charge in [0, 0.05) is 25.0 Å². The molecule has 0 aromatic rings. The molecule has 0 saturated heterocycles. The molecule has 2 N–H and O–H groups in total. The molecule has 0 unspecified atom stereocenters. The number of rotatable bonds is 7. The van der Waals surface area contributed by atoms with E-state index in [4.69, 9.17) is 5.11 Å². The van der Waals surface area contributed by atoms with E-state index in [0.29, 0.717) is 6.29 Å². The van der Waals surface area contributed by atoms with Gasteiger partial charge in [0.2, 0.25) is 5.91 Å². The molecule has 5 heteroatoms. The number of aliphatic hydroxyl groups excluding tert-OH is 1. The van der Waals surface area contributed by atoms with Crippen molar-refractivity contribution in [3.63, 3.8) is 0 Å². The van der Waals surface area contributed by atoms with Gasteiger partial charge >= 0.3 is 0 Å². The number of aliphatic hydroxyl groups is 1. The van der Waals surface area contributed by atoms with Gasteiger partial charge in [0.05, 0.1) is 0 Å². The van der Waals surface area contributed by atoms with E-state index < -0.39 is 17.2 Å². The van der Waals surface area contributed by atoms with Crippen LogP contribution >= 0.6 is 0 Å². The molecule has 0 fully saturated rings. The summed E-state index contributed by atoms with van der Waals surface area (Å²) in [5, 5.41) is 11.6. The van der Waals surface area contributed by atoms with E-state index in [9.17, 15) is 14.4 Å². The van der Waals surface area contributed by atoms with Crippen molar-refractivity contribution in [1.29, 1.82) is 0 Å². The third-order valence-electron chi connectivity index (χ3n) is 2.44. The first-order valence-corrected chi connectivity index (χ1v) is 5.18. The fraction of sp³-hybridized carbons (Fsp3) is 0.727. The lowest BCUT2D eigenvalue weighted by molar-refractivity contribution is -0.134. The van der Waals surface area contributed by atoms with Gasteiger partial charge in [0.15, 0.2) is 0 Å². The first-order chi connectivity index (χ1) is 7.35. The summed E-state index contributed by atoms with van der Waals surface area (Å²) in [5.41, 5.74) is -0.790. The maximum atomic E-state index is 11.6. The predicted molar refractivity (Wildman–Crippen MR) is 58.7 cm³/mol. The van der Waals surface area contributed by atoms with Crippen LogP contribution in [-0.2, 0) is 14.4 Å². The van der Waals surface area contributed by atoms with Crippen molar-refractivity contribution < 1.29 is 19.5 Å². The number of amides is 1. The van der Waals surface area contributed by atoms with Crippen molar-refractivity contribution in [2.45, 2.75) is 27.2 Å². The second-order valence-electron chi connectivity index (χ2n) is 4.50. The summed E-state index contributed by atoms with van der Waals surface area (Å²) in [6.45, 7) is 4.67. The van der Waals surface area contributed by atoms with Gasteiger partial charge in [-0.1, -0.05) is 13.8 Å². The van der Waals surface area contributed by atoms with E-state index in [2.05, 4.69) is 5.32 Å². The van der Waals surface area contributed by atoms with Crippen LogP contribution in [0, 0.1) is 11.3 Å². The van der Waals surface area contributed by atoms with Crippen LogP contribution in [0.3, 0.4) is 0 Å². The molecule has 0 spiro atoms. The number of hydrogen-bond donors (Lipinski definition) is 2. The monoisotopic (exact) mass is 229 g/mol. The van der Waals surface area contributed by atoms with Crippen molar-refractivity contribution >= 4 is 18.0 Å². The van der Waals surface area contributed by atoms with Gasteiger partial charge in [-0.25, -0.2) is 0 Å². The third kappa shape index (κ3) is 4.53. The molecule has 0 radical (unpaired) electrons. The Hall–Kier alpha value is -1.23. The minimum absolute atomic E-state index is 0.0237. The van der Waals surface area contributed by atoms with Crippen LogP contribution in [0.2, 0.25) is 0 Å². The van der Waals surface area contributed by atoms with E-state index in [1.807, 2.05) is 0 Å². The van der Waals surface area contributed by atoms with E-state index >= 15 is 0 Å². The highest BCUT2D eigenvalue weighted by molar-refractivity contribution is 5.92. The number of ketones is 1. The Balaban J connectivity index is 4.33. The molecule has 0 aliphatic carbocycles. The predicted octanol–water partition coefficient (Wildman–Crippen LogP) is -0.0847. The Bertz CT molecular complexity index is 273. The summed E-state index contributed by atoms with van der Waals surface area (Å²) in [6, 6.07) is 0. The SMILES string of the molecule is CC(=O)CCNC(=O)[C@H](C=O)C(C)(C)CO. The average molecular weight is 229 g/mol. The average Bonchev–Trinajstić information content (AvgIpc) is 2.17. The van der Waals surface area contributed by atoms with Crippen LogP contribution in [0.1, 0.15) is 27.2 Å². The quantitative estimate of drug-likeness (QED) is 0.472. The molecule has 0 aliphatic heterocycles. The van der Waals surface area contributed by atoms with Gasteiger partial charge in [-0.05, 0) is 6.92 Å². The zero-order valence-electron chi connectivity index (χ0n) is 9.95. The zero-order valence-corrected chi connectivity index (χ0v) is 9.95. The molecule has 0 aromatic heterocycles. The van der Waals surface area contributed by atoms with Crippen LogP contribution in [0.4, 0.5) is 0 Å². The highest BCUT2D eigenvalue weighted by Crippen LogP contribution is 2.24. The molecule has 0 aliphatic rings. The number of carbonyl (C=O) groups excluding carboxylic acids is 3. The molecule has 0 saturated carbocycles. The lowest BCUT2D eigenvalue weighted by Crippen LogP contribution is -2.42. The van der Waals surface area contributed by atoms with E-state index in [1.165, 1.54) is 6.92 Å². The van der Waals surface area contributed by atoms with Crippen molar-refractivity contribution in [3.05, 3.63) is 0 Å². The Morgan fingerprint density at radius 1 is 1.44 bits per heavy atom. The van der Waals surface area contributed by atoms with Crippen molar-refractivity contribution in [2.75, 3.05) is 13.2 Å². The Kier molecular flexibility index (Phi) is 5.88. The minimum atomic E-state index is -0.899. The fourth-order valence-corrected chi connectivity index (χ4v) is 1.17. The van der Waals surface area contributed by atoms with Crippen molar-refractivity contribution in [3.8, 4) is 0 Å². The minimum Gasteiger partial charge on any atom is -0.396 e. The van der Waals surface area contributed by atoms with E-state index in [-0.39, 0.29) is 25.4 Å². The molecule has 0 bridgehead atoms. The maximum absolute atomic E-state index is 11.6. The van der Waals surface area contributed by atoms with Gasteiger partial charge in [-0.2, -0.15) is 0 Å². The molecule has 92 valence electrons. The Morgan fingerprint density at radius 3 is 2.38 bits per heavy atom. The lowest BCUT2D eigenvalue weighted by Gasteiger charge is -2.27. The van der Waals surface area contributed by atoms with Gasteiger partial charge in [-0.15, -0.1) is 0 Å². The second kappa shape index (κ2) is 6.37. The normalized spacial score (nSPS) is 13.0. The van der Waals surface area contributed by atoms with Gasteiger partial charge in [-0.3, -0.25) is 9.59 Å². The molecule has 0 heterocycles. The molecule has 5 nitrogen and oxygen atoms in total. The molecule has 0 rings (SSSR count). The highest BCUT2D eigenvalue weighted by atomic mass is 16.3. The third-order valence-corrected chi connectivity index (χ3v) is 2.44. The number of nitrogens with one attached hydrogen (secondary N) is 1. The molecule has 1 atom stereocenters. The van der Waals surface area contributed by atoms with Crippen LogP contribution in [0.5, 0.6) is 0 Å². The van der Waals surface area contributed by atoms with E-state index in [1.54, 1.807) is 13.8 Å². The van der Waals surface area contributed by atoms with E-state index in [0.717, 1.165) is 0 Å². The summed E-state index contributed by atoms with van der Waals surface area (Å²) in [4.78, 5) is 33.1. The summed E-state index contributed by atoms with van der Waals surface area (Å²) in [5.74, 6) is -1.37. The molecular formula is C11H19NO4. The second-order valence-corrected chi connectivity index (χ2v) is 4.50. The topological polar surface area (TPSA) is 83.5 Å². The smallest absolute Gasteiger partial charge is 0.230 e. The Morgan fingerprint density at radius 2 is 2.00 bits per heavy atom. The fourth-order valence-electron chi connectivity index (χ4n) is 1.17. The summed E-state index contributed by atoms with van der Waals surface area (Å²) in [7, 11) is 0. The highest BCUT2D eigenvalue weighted by Gasteiger charge is 2.34. The van der Waals surface area contributed by atoms with Crippen molar-refractivity contribution in [2.24, 2.45) is 11.3 Å². The zero-order chi connectivity index (χ0) is 12.8. The van der Waals surface area contributed by atoms with Crippen LogP contribution in [0.25, 0.3) is 0 Å². The van der Waals surface area contributed by atoms with Crippen LogP contribution in [0.15, 0.2) is 0 Å². The number of Topliss-reactive ketones (excluding diaryl/α,β-unsaturated/α-hetero) is 1. The largest absolute Gasteiger partial charge is 0.396 e. The summed E-state index contributed by atoms with van der Waals surface area (Å²) in [6.07, 6.45) is 0.774. The first kappa shape index (κ1) is 14.8. The lowest BCUT2D eigenvalue weighted by atomic mass is 9.80. The molecule has 0 aromatic carbocycles. The number of hydrogen-bond acceptors (Lipinski definition) is 4. The van der Waals surface area contributed by atoms with Crippen molar-refractivity contribution in [1.82, 2.24) is 5.32 Å². The maximum Gasteiger partial charge on any atom is 0.230 e.